The van der Waals surface area contributed by atoms with Crippen molar-refractivity contribution in [1.82, 2.24) is 9.97 Å². The number of hydrogen-bond donors (Lipinski definition) is 1. The third kappa shape index (κ3) is 2.65. The monoisotopic (exact) mass is 283 g/mol. The maximum absolute atomic E-state index is 10.8. The maximum atomic E-state index is 10.8. The lowest BCUT2D eigenvalue weighted by Crippen LogP contribution is -2.30. The van der Waals surface area contributed by atoms with E-state index in [9.17, 15) is 10.1 Å². The Morgan fingerprint density at radius 2 is 2.50 bits per heavy atom. The number of nitro groups is 1. The van der Waals surface area contributed by atoms with Crippen LogP contribution in [0, 0.1) is 10.1 Å². The van der Waals surface area contributed by atoms with Crippen LogP contribution in [0.5, 0.6) is 0 Å². The Morgan fingerprint density at radius 3 is 3.00 bits per heavy atom. The number of allylic oxidation sites excluding steroid dienone is 2. The number of rotatable bonds is 4. The zero-order valence-electron chi connectivity index (χ0n) is 9.30. The predicted molar refractivity (Wildman–Crippen MR) is 72.3 cm³/mol. The van der Waals surface area contributed by atoms with E-state index in [-0.39, 0.29) is 6.42 Å². The van der Waals surface area contributed by atoms with Gasteiger partial charge in [0.15, 0.2) is 0 Å². The number of aromatic amines is 1. The molecule has 0 fully saturated rings. The molecule has 0 saturated carbocycles. The lowest BCUT2D eigenvalue weighted by atomic mass is 9.99. The van der Waals surface area contributed by atoms with Crippen LogP contribution in [0.25, 0.3) is 0 Å². The minimum Gasteiger partial charge on any atom is -0.348 e. The summed E-state index contributed by atoms with van der Waals surface area (Å²) in [4.78, 5) is 16.4. The number of hydrogen-bond acceptors (Lipinski definition) is 4. The third-order valence-corrected chi connectivity index (χ3v) is 3.43. The molecule has 5 nitrogen and oxygen atoms in total. The highest BCUT2D eigenvalue weighted by atomic mass is 35.5. The van der Waals surface area contributed by atoms with Crippen LogP contribution in [0.1, 0.15) is 12.2 Å². The zero-order chi connectivity index (χ0) is 13.2. The number of aromatic nitrogens is 2. The Hall–Kier alpha value is -1.53. The minimum absolute atomic E-state index is 0.131. The molecule has 0 aliphatic heterocycles. The minimum atomic E-state index is -1.54. The molecule has 1 aromatic heterocycles. The number of H-pyrrole nitrogens is 1. The molecule has 7 heteroatoms. The predicted octanol–water partition coefficient (Wildman–Crippen LogP) is 2.42. The van der Waals surface area contributed by atoms with Crippen LogP contribution in [-0.4, -0.2) is 24.8 Å². The van der Waals surface area contributed by atoms with Crippen LogP contribution >= 0.6 is 23.8 Å². The Morgan fingerprint density at radius 1 is 1.72 bits per heavy atom. The summed E-state index contributed by atoms with van der Waals surface area (Å²) in [5.74, 6) is 0.770. The quantitative estimate of drug-likeness (QED) is 0.303. The maximum Gasteiger partial charge on any atom is 0.317 e. The van der Waals surface area contributed by atoms with Crippen molar-refractivity contribution in [3.05, 3.63) is 52.1 Å². The van der Waals surface area contributed by atoms with Crippen molar-refractivity contribution in [3.63, 3.8) is 0 Å². The molecule has 1 aromatic rings. The molecule has 18 heavy (non-hydrogen) atoms. The summed E-state index contributed by atoms with van der Waals surface area (Å²) >= 11 is 11.1. The largest absolute Gasteiger partial charge is 0.348 e. The van der Waals surface area contributed by atoms with E-state index < -0.39 is 9.92 Å². The SMILES string of the molecule is O=[N+]([O-])C1(Cl)C=CC(C(=S)Cc2ncc[nH]2)=CC1. The van der Waals surface area contributed by atoms with E-state index in [0.717, 1.165) is 11.4 Å². The number of imidazole rings is 1. The number of halogens is 1. The van der Waals surface area contributed by atoms with E-state index in [4.69, 9.17) is 23.8 Å². The second-order valence-corrected chi connectivity index (χ2v) is 5.06. The van der Waals surface area contributed by atoms with Gasteiger partial charge in [-0.05, 0) is 23.3 Å². The summed E-state index contributed by atoms with van der Waals surface area (Å²) in [5.41, 5.74) is 0.791. The Kier molecular flexibility index (Phi) is 3.58. The third-order valence-electron chi connectivity index (χ3n) is 2.63. The first-order chi connectivity index (χ1) is 8.51. The van der Waals surface area contributed by atoms with E-state index >= 15 is 0 Å². The molecule has 1 aliphatic rings. The first kappa shape index (κ1) is 12.9. The average molecular weight is 284 g/mol. The summed E-state index contributed by atoms with van der Waals surface area (Å²) in [6.45, 7) is 0. The van der Waals surface area contributed by atoms with Crippen LogP contribution in [0.3, 0.4) is 0 Å². The number of thiocarbonyl (C=S) groups is 1. The van der Waals surface area contributed by atoms with Gasteiger partial charge in [-0.3, -0.25) is 10.1 Å². The molecule has 0 amide bonds. The molecule has 2 rings (SSSR count). The van der Waals surface area contributed by atoms with Crippen LogP contribution < -0.4 is 0 Å². The molecular formula is C11H10ClN3O2S. The van der Waals surface area contributed by atoms with Crippen molar-refractivity contribution >= 4 is 28.7 Å². The van der Waals surface area contributed by atoms with Gasteiger partial charge in [-0.1, -0.05) is 18.3 Å². The fourth-order valence-electron chi connectivity index (χ4n) is 1.60. The summed E-state index contributed by atoms with van der Waals surface area (Å²) in [6.07, 6.45) is 8.68. The Labute approximate surface area is 114 Å². The zero-order valence-corrected chi connectivity index (χ0v) is 10.9. The molecule has 1 N–H and O–H groups in total. The summed E-state index contributed by atoms with van der Waals surface area (Å²) in [5, 5.41) is 10.8. The molecule has 94 valence electrons. The highest BCUT2D eigenvalue weighted by molar-refractivity contribution is 7.80. The van der Waals surface area contributed by atoms with Crippen LogP contribution in [0.2, 0.25) is 0 Å². The molecule has 1 unspecified atom stereocenters. The van der Waals surface area contributed by atoms with Crippen molar-refractivity contribution in [3.8, 4) is 0 Å². The van der Waals surface area contributed by atoms with Gasteiger partial charge in [0, 0.05) is 34.7 Å². The van der Waals surface area contributed by atoms with Crippen molar-refractivity contribution in [1.29, 1.82) is 0 Å². The van der Waals surface area contributed by atoms with Gasteiger partial charge < -0.3 is 4.98 Å². The smallest absolute Gasteiger partial charge is 0.317 e. The second-order valence-electron chi connectivity index (χ2n) is 3.91. The molecular weight excluding hydrogens is 274 g/mol. The average Bonchev–Trinajstić information content (AvgIpc) is 2.82. The second kappa shape index (κ2) is 4.99. The van der Waals surface area contributed by atoms with Crippen molar-refractivity contribution in [2.75, 3.05) is 0 Å². The number of nitrogens with zero attached hydrogens (tertiary/aromatic N) is 2. The van der Waals surface area contributed by atoms with Gasteiger partial charge in [0.05, 0.1) is 6.42 Å². The van der Waals surface area contributed by atoms with E-state index in [1.807, 2.05) is 0 Å². The van der Waals surface area contributed by atoms with E-state index in [1.165, 1.54) is 6.08 Å². The van der Waals surface area contributed by atoms with E-state index in [2.05, 4.69) is 9.97 Å². The highest BCUT2D eigenvalue weighted by Crippen LogP contribution is 2.29. The van der Waals surface area contributed by atoms with Crippen molar-refractivity contribution in [2.45, 2.75) is 17.8 Å². The van der Waals surface area contributed by atoms with Crippen molar-refractivity contribution < 1.29 is 4.92 Å². The van der Waals surface area contributed by atoms with E-state index in [0.29, 0.717) is 11.3 Å². The van der Waals surface area contributed by atoms with Crippen LogP contribution in [0.4, 0.5) is 0 Å². The molecule has 0 aromatic carbocycles. The van der Waals surface area contributed by atoms with Gasteiger partial charge in [-0.25, -0.2) is 4.98 Å². The lowest BCUT2D eigenvalue weighted by Gasteiger charge is -2.17. The fraction of sp³-hybridized carbons (Fsp3) is 0.273. The topological polar surface area (TPSA) is 71.8 Å². The lowest BCUT2D eigenvalue weighted by molar-refractivity contribution is -0.527. The fourth-order valence-corrected chi connectivity index (χ4v) is 2.03. The first-order valence-corrected chi connectivity index (χ1v) is 6.04. The number of alkyl halides is 1. The van der Waals surface area contributed by atoms with E-state index in [1.54, 1.807) is 24.5 Å². The van der Waals surface area contributed by atoms with Crippen molar-refractivity contribution in [2.24, 2.45) is 0 Å². The molecule has 0 spiro atoms. The van der Waals surface area contributed by atoms with Crippen LogP contribution in [0.15, 0.2) is 36.2 Å². The van der Waals surface area contributed by atoms with Gasteiger partial charge >= 0.3 is 5.00 Å². The van der Waals surface area contributed by atoms with Gasteiger partial charge in [0.25, 0.3) is 0 Å². The first-order valence-electron chi connectivity index (χ1n) is 5.25. The Balaban J connectivity index is 2.05. The summed E-state index contributed by atoms with van der Waals surface area (Å²) in [6, 6.07) is 0. The molecule has 1 heterocycles. The van der Waals surface area contributed by atoms with Gasteiger partial charge in [-0.15, -0.1) is 0 Å². The normalized spacial score (nSPS) is 22.6. The molecule has 0 radical (unpaired) electrons. The summed E-state index contributed by atoms with van der Waals surface area (Å²) in [7, 11) is 0. The standard InChI is InChI=1S/C11H10ClN3O2S/c12-11(15(16)17)3-1-8(2-4-11)9(18)7-10-13-5-6-14-10/h1-3,5-6H,4,7H2,(H,13,14). The molecule has 0 bridgehead atoms. The molecule has 1 atom stereocenters. The van der Waals surface area contributed by atoms with Gasteiger partial charge in [0.2, 0.25) is 0 Å². The summed E-state index contributed by atoms with van der Waals surface area (Å²) < 4.78 is 0. The van der Waals surface area contributed by atoms with Gasteiger partial charge in [0.1, 0.15) is 5.82 Å². The Bertz CT molecular complexity index is 538. The van der Waals surface area contributed by atoms with Gasteiger partial charge in [-0.2, -0.15) is 0 Å². The number of nitrogens with one attached hydrogen (secondary N) is 1. The molecule has 1 aliphatic carbocycles. The van der Waals surface area contributed by atoms with Crippen LogP contribution in [-0.2, 0) is 6.42 Å². The molecule has 0 saturated heterocycles. The highest BCUT2D eigenvalue weighted by Gasteiger charge is 2.38.